The van der Waals surface area contributed by atoms with Crippen molar-refractivity contribution >= 4 is 21.6 Å². The molecule has 0 atom stereocenters. The van der Waals surface area contributed by atoms with Crippen LogP contribution in [0.2, 0.25) is 0 Å². The molecule has 0 aliphatic rings. The van der Waals surface area contributed by atoms with Gasteiger partial charge in [-0.05, 0) is 42.5 Å². The first kappa shape index (κ1) is 17.6. The van der Waals surface area contributed by atoms with E-state index in [1.807, 2.05) is 0 Å². The number of hydrogen-bond donors (Lipinski definition) is 3. The molecule has 0 radical (unpaired) electrons. The number of nitrogens with one attached hydrogen (secondary N) is 3. The SMILES string of the molecule is O=C(NCc1cn[nH]c1)Nc1ccc(S(=O)(=O)c2cccc(F)c2)cc1. The lowest BCUT2D eigenvalue weighted by molar-refractivity contribution is 0.251. The van der Waals surface area contributed by atoms with E-state index in [1.165, 1.54) is 42.5 Å². The topological polar surface area (TPSA) is 104 Å². The van der Waals surface area contributed by atoms with E-state index >= 15 is 0 Å². The third-order valence-corrected chi connectivity index (χ3v) is 5.30. The zero-order chi connectivity index (χ0) is 18.6. The third-order valence-electron chi connectivity index (χ3n) is 3.54. The lowest BCUT2D eigenvalue weighted by atomic mass is 10.3. The second kappa shape index (κ2) is 7.36. The van der Waals surface area contributed by atoms with Crippen molar-refractivity contribution in [3.63, 3.8) is 0 Å². The van der Waals surface area contributed by atoms with Crippen molar-refractivity contribution < 1.29 is 17.6 Å². The fourth-order valence-electron chi connectivity index (χ4n) is 2.22. The third kappa shape index (κ3) is 4.06. The Morgan fingerprint density at radius 2 is 1.88 bits per heavy atom. The highest BCUT2D eigenvalue weighted by Crippen LogP contribution is 2.22. The quantitative estimate of drug-likeness (QED) is 0.639. The molecule has 7 nitrogen and oxygen atoms in total. The number of benzene rings is 2. The van der Waals surface area contributed by atoms with Crippen molar-refractivity contribution in [2.45, 2.75) is 16.3 Å². The molecule has 0 saturated carbocycles. The van der Waals surface area contributed by atoms with Crippen molar-refractivity contribution in [3.8, 4) is 0 Å². The maximum absolute atomic E-state index is 13.3. The number of aromatic amines is 1. The molecule has 0 unspecified atom stereocenters. The van der Waals surface area contributed by atoms with Crippen LogP contribution < -0.4 is 10.6 Å². The van der Waals surface area contributed by atoms with E-state index < -0.39 is 21.7 Å². The van der Waals surface area contributed by atoms with Gasteiger partial charge >= 0.3 is 6.03 Å². The Morgan fingerprint density at radius 3 is 2.54 bits per heavy atom. The number of hydrogen-bond acceptors (Lipinski definition) is 4. The molecule has 0 fully saturated rings. The summed E-state index contributed by atoms with van der Waals surface area (Å²) in [7, 11) is -3.83. The maximum atomic E-state index is 13.3. The molecule has 0 aliphatic carbocycles. The highest BCUT2D eigenvalue weighted by molar-refractivity contribution is 7.91. The van der Waals surface area contributed by atoms with Gasteiger partial charge in [0.15, 0.2) is 0 Å². The first-order valence-corrected chi connectivity index (χ1v) is 9.07. The molecule has 1 heterocycles. The highest BCUT2D eigenvalue weighted by atomic mass is 32.2. The van der Waals surface area contributed by atoms with Crippen LogP contribution in [0.15, 0.2) is 70.7 Å². The van der Waals surface area contributed by atoms with Crippen molar-refractivity contribution in [1.82, 2.24) is 15.5 Å². The largest absolute Gasteiger partial charge is 0.334 e. The second-order valence-corrected chi connectivity index (χ2v) is 7.35. The Kier molecular flexibility index (Phi) is 4.99. The molecule has 2 aromatic carbocycles. The number of carbonyl (C=O) groups excluding carboxylic acids is 1. The van der Waals surface area contributed by atoms with Crippen molar-refractivity contribution in [1.29, 1.82) is 0 Å². The zero-order valence-corrected chi connectivity index (χ0v) is 14.3. The van der Waals surface area contributed by atoms with Gasteiger partial charge in [0.2, 0.25) is 9.84 Å². The number of H-pyrrole nitrogens is 1. The smallest absolute Gasteiger partial charge is 0.319 e. The van der Waals surface area contributed by atoms with Crippen LogP contribution >= 0.6 is 0 Å². The summed E-state index contributed by atoms with van der Waals surface area (Å²) in [6.07, 6.45) is 3.25. The number of sulfone groups is 1. The molecular formula is C17H15FN4O3S. The Labute approximate surface area is 149 Å². The molecule has 3 N–H and O–H groups in total. The van der Waals surface area contributed by atoms with Gasteiger partial charge in [0.05, 0.1) is 16.0 Å². The maximum Gasteiger partial charge on any atom is 0.319 e. The van der Waals surface area contributed by atoms with Gasteiger partial charge in [0, 0.05) is 24.0 Å². The van der Waals surface area contributed by atoms with Crippen LogP contribution in [-0.4, -0.2) is 24.6 Å². The van der Waals surface area contributed by atoms with Crippen LogP contribution in [0.5, 0.6) is 0 Å². The Hall–Kier alpha value is -3.20. The van der Waals surface area contributed by atoms with E-state index in [0.29, 0.717) is 12.2 Å². The molecule has 0 aliphatic heterocycles. The van der Waals surface area contributed by atoms with Crippen molar-refractivity contribution in [2.75, 3.05) is 5.32 Å². The standard InChI is InChI=1S/C17H15FN4O3S/c18-13-2-1-3-16(8-13)26(24,25)15-6-4-14(5-7-15)22-17(23)19-9-12-10-20-21-11-12/h1-8,10-11H,9H2,(H,20,21)(H2,19,22,23). The number of anilines is 1. The molecule has 3 rings (SSSR count). The number of amides is 2. The monoisotopic (exact) mass is 374 g/mol. The number of carbonyl (C=O) groups is 1. The van der Waals surface area contributed by atoms with E-state index in [9.17, 15) is 17.6 Å². The molecule has 1 aromatic heterocycles. The number of urea groups is 1. The number of rotatable bonds is 5. The van der Waals surface area contributed by atoms with Gasteiger partial charge in [-0.2, -0.15) is 5.10 Å². The molecule has 0 spiro atoms. The number of halogens is 1. The summed E-state index contributed by atoms with van der Waals surface area (Å²) in [5.74, 6) is -0.626. The minimum absolute atomic E-state index is 0.00690. The molecule has 26 heavy (non-hydrogen) atoms. The normalized spacial score (nSPS) is 11.1. The molecular weight excluding hydrogens is 359 g/mol. The second-order valence-electron chi connectivity index (χ2n) is 5.40. The van der Waals surface area contributed by atoms with E-state index in [1.54, 1.807) is 12.4 Å². The van der Waals surface area contributed by atoms with Crippen molar-refractivity contribution in [3.05, 3.63) is 72.3 Å². The van der Waals surface area contributed by atoms with Gasteiger partial charge in [-0.25, -0.2) is 17.6 Å². The Balaban J connectivity index is 1.67. The zero-order valence-electron chi connectivity index (χ0n) is 13.4. The van der Waals surface area contributed by atoms with Gasteiger partial charge in [-0.1, -0.05) is 6.07 Å². The van der Waals surface area contributed by atoms with Gasteiger partial charge < -0.3 is 10.6 Å². The van der Waals surface area contributed by atoms with Crippen LogP contribution in [0, 0.1) is 5.82 Å². The summed E-state index contributed by atoms with van der Waals surface area (Å²) in [6.45, 7) is 0.300. The average molecular weight is 374 g/mol. The first-order chi connectivity index (χ1) is 12.4. The van der Waals surface area contributed by atoms with Crippen LogP contribution in [0.4, 0.5) is 14.9 Å². The predicted molar refractivity (Wildman–Crippen MR) is 92.7 cm³/mol. The summed E-state index contributed by atoms with van der Waals surface area (Å²) in [5.41, 5.74) is 1.24. The van der Waals surface area contributed by atoms with Crippen molar-refractivity contribution in [2.24, 2.45) is 0 Å². The molecule has 3 aromatic rings. The van der Waals surface area contributed by atoms with E-state index in [2.05, 4.69) is 20.8 Å². The summed E-state index contributed by atoms with van der Waals surface area (Å²) < 4.78 is 38.2. The molecule has 134 valence electrons. The molecule has 9 heteroatoms. The number of nitrogens with zero attached hydrogens (tertiary/aromatic N) is 1. The highest BCUT2D eigenvalue weighted by Gasteiger charge is 2.18. The van der Waals surface area contributed by atoms with E-state index in [4.69, 9.17) is 0 Å². The minimum Gasteiger partial charge on any atom is -0.334 e. The fourth-order valence-corrected chi connectivity index (χ4v) is 3.51. The van der Waals surface area contributed by atoms with Gasteiger partial charge in [0.25, 0.3) is 0 Å². The van der Waals surface area contributed by atoms with Crippen LogP contribution in [-0.2, 0) is 16.4 Å². The Morgan fingerprint density at radius 1 is 1.12 bits per heavy atom. The predicted octanol–water partition coefficient (Wildman–Crippen LogP) is 2.70. The van der Waals surface area contributed by atoms with Gasteiger partial charge in [-0.15, -0.1) is 0 Å². The van der Waals surface area contributed by atoms with Gasteiger partial charge in [-0.3, -0.25) is 5.10 Å². The van der Waals surface area contributed by atoms with Crippen LogP contribution in [0.1, 0.15) is 5.56 Å². The summed E-state index contributed by atoms with van der Waals surface area (Å²) in [5, 5.41) is 11.6. The lowest BCUT2D eigenvalue weighted by Gasteiger charge is -2.08. The molecule has 0 bridgehead atoms. The molecule has 0 saturated heterocycles. The number of aromatic nitrogens is 2. The summed E-state index contributed by atoms with van der Waals surface area (Å²) >= 11 is 0. The van der Waals surface area contributed by atoms with E-state index in [-0.39, 0.29) is 9.79 Å². The fraction of sp³-hybridized carbons (Fsp3) is 0.0588. The molecule has 2 amide bonds. The minimum atomic E-state index is -3.83. The van der Waals surface area contributed by atoms with Crippen LogP contribution in [0.3, 0.4) is 0 Å². The summed E-state index contributed by atoms with van der Waals surface area (Å²) in [4.78, 5) is 11.7. The van der Waals surface area contributed by atoms with Crippen LogP contribution in [0.25, 0.3) is 0 Å². The Bertz CT molecular complexity index is 1000. The summed E-state index contributed by atoms with van der Waals surface area (Å²) in [6, 6.07) is 9.99. The lowest BCUT2D eigenvalue weighted by Crippen LogP contribution is -2.28. The average Bonchev–Trinajstić information content (AvgIpc) is 3.14. The first-order valence-electron chi connectivity index (χ1n) is 7.58. The van der Waals surface area contributed by atoms with E-state index in [0.717, 1.165) is 11.6 Å². The van der Waals surface area contributed by atoms with Gasteiger partial charge in [0.1, 0.15) is 5.82 Å².